The van der Waals surface area contributed by atoms with Gasteiger partial charge in [0.05, 0.1) is 9.40 Å². The standard InChI is InChI=1S/C11H14BrN3O2/c12-10-4-3-8(6-11(10)15(16)17)14-7-9-2-1-5-13-9/h3-4,6,9,13-14H,1-2,5,7H2. The first-order valence-electron chi connectivity index (χ1n) is 5.58. The summed E-state index contributed by atoms with van der Waals surface area (Å²) in [4.78, 5) is 10.4. The second-order valence-corrected chi connectivity index (χ2v) is 4.95. The molecule has 0 amide bonds. The monoisotopic (exact) mass is 299 g/mol. The molecular formula is C11H14BrN3O2. The van der Waals surface area contributed by atoms with Gasteiger partial charge >= 0.3 is 0 Å². The molecule has 0 saturated carbocycles. The fourth-order valence-corrected chi connectivity index (χ4v) is 2.33. The summed E-state index contributed by atoms with van der Waals surface area (Å²) in [6, 6.07) is 5.56. The lowest BCUT2D eigenvalue weighted by atomic mass is 10.2. The van der Waals surface area contributed by atoms with Crippen LogP contribution < -0.4 is 10.6 Å². The van der Waals surface area contributed by atoms with Crippen molar-refractivity contribution in [1.82, 2.24) is 5.32 Å². The Bertz CT molecular complexity index is 419. The Balaban J connectivity index is 2.00. The van der Waals surface area contributed by atoms with E-state index in [4.69, 9.17) is 0 Å². The molecule has 1 unspecified atom stereocenters. The van der Waals surface area contributed by atoms with Crippen molar-refractivity contribution in [3.63, 3.8) is 0 Å². The summed E-state index contributed by atoms with van der Waals surface area (Å²) in [6.45, 7) is 1.87. The van der Waals surface area contributed by atoms with Crippen LogP contribution >= 0.6 is 15.9 Å². The molecule has 1 fully saturated rings. The third kappa shape index (κ3) is 3.17. The van der Waals surface area contributed by atoms with Gasteiger partial charge in [-0.15, -0.1) is 0 Å². The molecule has 0 bridgehead atoms. The van der Waals surface area contributed by atoms with Crippen LogP contribution in [-0.2, 0) is 0 Å². The predicted molar refractivity (Wildman–Crippen MR) is 70.3 cm³/mol. The van der Waals surface area contributed by atoms with Gasteiger partial charge in [-0.3, -0.25) is 10.1 Å². The van der Waals surface area contributed by atoms with E-state index in [-0.39, 0.29) is 10.6 Å². The molecule has 0 aliphatic carbocycles. The first-order valence-corrected chi connectivity index (χ1v) is 6.37. The predicted octanol–water partition coefficient (Wildman–Crippen LogP) is 2.52. The average Bonchev–Trinajstić information content (AvgIpc) is 2.80. The van der Waals surface area contributed by atoms with E-state index < -0.39 is 0 Å². The van der Waals surface area contributed by atoms with Crippen molar-refractivity contribution in [3.8, 4) is 0 Å². The third-order valence-corrected chi connectivity index (χ3v) is 3.53. The maximum Gasteiger partial charge on any atom is 0.285 e. The van der Waals surface area contributed by atoms with Gasteiger partial charge in [-0.2, -0.15) is 0 Å². The molecule has 92 valence electrons. The maximum atomic E-state index is 10.8. The smallest absolute Gasteiger partial charge is 0.285 e. The van der Waals surface area contributed by atoms with Crippen molar-refractivity contribution in [2.24, 2.45) is 0 Å². The van der Waals surface area contributed by atoms with E-state index in [9.17, 15) is 10.1 Å². The quantitative estimate of drug-likeness (QED) is 0.662. The topological polar surface area (TPSA) is 67.2 Å². The summed E-state index contributed by atoms with van der Waals surface area (Å²) in [5.74, 6) is 0. The molecule has 1 heterocycles. The molecule has 0 radical (unpaired) electrons. The number of nitro benzene ring substituents is 1. The zero-order chi connectivity index (χ0) is 12.3. The number of benzene rings is 1. The van der Waals surface area contributed by atoms with Crippen LogP contribution in [0.25, 0.3) is 0 Å². The summed E-state index contributed by atoms with van der Waals surface area (Å²) in [7, 11) is 0. The number of anilines is 1. The first kappa shape index (κ1) is 12.3. The lowest BCUT2D eigenvalue weighted by Gasteiger charge is -2.12. The molecule has 0 spiro atoms. The minimum absolute atomic E-state index is 0.0920. The summed E-state index contributed by atoms with van der Waals surface area (Å²) in [5.41, 5.74) is 0.878. The van der Waals surface area contributed by atoms with Crippen molar-refractivity contribution in [1.29, 1.82) is 0 Å². The van der Waals surface area contributed by atoms with Crippen LogP contribution in [0.2, 0.25) is 0 Å². The summed E-state index contributed by atoms with van der Waals surface area (Å²) >= 11 is 3.17. The lowest BCUT2D eigenvalue weighted by Crippen LogP contribution is -2.29. The first-order chi connectivity index (χ1) is 8.16. The van der Waals surface area contributed by atoms with Gasteiger partial charge in [-0.25, -0.2) is 0 Å². The Labute approximate surface area is 108 Å². The van der Waals surface area contributed by atoms with Gasteiger partial charge in [0.1, 0.15) is 0 Å². The molecule has 1 atom stereocenters. The van der Waals surface area contributed by atoms with Gasteiger partial charge in [-0.1, -0.05) is 0 Å². The number of nitro groups is 1. The molecule has 5 nitrogen and oxygen atoms in total. The fraction of sp³-hybridized carbons (Fsp3) is 0.455. The van der Waals surface area contributed by atoms with Crippen LogP contribution in [0.5, 0.6) is 0 Å². The van der Waals surface area contributed by atoms with Crippen LogP contribution in [0.1, 0.15) is 12.8 Å². The van der Waals surface area contributed by atoms with Crippen molar-refractivity contribution < 1.29 is 4.92 Å². The largest absolute Gasteiger partial charge is 0.383 e. The van der Waals surface area contributed by atoms with Crippen LogP contribution in [0.4, 0.5) is 11.4 Å². The van der Waals surface area contributed by atoms with Crippen molar-refractivity contribution in [3.05, 3.63) is 32.8 Å². The van der Waals surface area contributed by atoms with Gasteiger partial charge < -0.3 is 10.6 Å². The van der Waals surface area contributed by atoms with E-state index in [0.29, 0.717) is 10.5 Å². The summed E-state index contributed by atoms with van der Waals surface area (Å²) < 4.78 is 0.507. The molecule has 0 aromatic heterocycles. The number of nitrogens with zero attached hydrogens (tertiary/aromatic N) is 1. The van der Waals surface area contributed by atoms with Crippen molar-refractivity contribution in [2.45, 2.75) is 18.9 Å². The zero-order valence-electron chi connectivity index (χ0n) is 9.28. The van der Waals surface area contributed by atoms with Crippen molar-refractivity contribution >= 4 is 27.3 Å². The van der Waals surface area contributed by atoms with Gasteiger partial charge in [-0.05, 0) is 47.4 Å². The number of nitrogens with one attached hydrogen (secondary N) is 2. The Morgan fingerprint density at radius 3 is 3.06 bits per heavy atom. The van der Waals surface area contributed by atoms with E-state index >= 15 is 0 Å². The number of hydrogen-bond acceptors (Lipinski definition) is 4. The third-order valence-electron chi connectivity index (χ3n) is 2.86. The average molecular weight is 300 g/mol. The van der Waals surface area contributed by atoms with Crippen molar-refractivity contribution in [2.75, 3.05) is 18.4 Å². The minimum atomic E-state index is -0.386. The fourth-order valence-electron chi connectivity index (χ4n) is 1.93. The molecular weight excluding hydrogens is 286 g/mol. The van der Waals surface area contributed by atoms with Crippen LogP contribution in [-0.4, -0.2) is 24.1 Å². The van der Waals surface area contributed by atoms with E-state index in [1.165, 1.54) is 6.42 Å². The Morgan fingerprint density at radius 2 is 2.41 bits per heavy atom. The number of rotatable bonds is 4. The lowest BCUT2D eigenvalue weighted by molar-refractivity contribution is -0.385. The molecule has 1 aromatic carbocycles. The van der Waals surface area contributed by atoms with Crippen LogP contribution in [0, 0.1) is 10.1 Å². The molecule has 2 N–H and O–H groups in total. The molecule has 1 saturated heterocycles. The van der Waals surface area contributed by atoms with Crippen LogP contribution in [0.3, 0.4) is 0 Å². The summed E-state index contributed by atoms with van der Waals surface area (Å²) in [6.07, 6.45) is 2.36. The van der Waals surface area contributed by atoms with E-state index in [0.717, 1.165) is 25.2 Å². The van der Waals surface area contributed by atoms with Gasteiger partial charge in [0.25, 0.3) is 5.69 Å². The Kier molecular flexibility index (Phi) is 3.96. The van der Waals surface area contributed by atoms with Gasteiger partial charge in [0, 0.05) is 24.3 Å². The minimum Gasteiger partial charge on any atom is -0.383 e. The highest BCUT2D eigenvalue weighted by atomic mass is 79.9. The second kappa shape index (κ2) is 5.46. The Hall–Kier alpha value is -1.14. The molecule has 1 aliphatic heterocycles. The zero-order valence-corrected chi connectivity index (χ0v) is 10.9. The second-order valence-electron chi connectivity index (χ2n) is 4.10. The van der Waals surface area contributed by atoms with Gasteiger partial charge in [0.2, 0.25) is 0 Å². The maximum absolute atomic E-state index is 10.8. The van der Waals surface area contributed by atoms with E-state index in [1.807, 2.05) is 6.07 Å². The molecule has 17 heavy (non-hydrogen) atoms. The van der Waals surface area contributed by atoms with Gasteiger partial charge in [0.15, 0.2) is 0 Å². The molecule has 2 rings (SSSR count). The van der Waals surface area contributed by atoms with E-state index in [1.54, 1.807) is 12.1 Å². The molecule has 6 heteroatoms. The van der Waals surface area contributed by atoms with E-state index in [2.05, 4.69) is 26.6 Å². The highest BCUT2D eigenvalue weighted by Gasteiger charge is 2.15. The highest BCUT2D eigenvalue weighted by molar-refractivity contribution is 9.10. The molecule has 1 aromatic rings. The highest BCUT2D eigenvalue weighted by Crippen LogP contribution is 2.27. The molecule has 1 aliphatic rings. The number of halogens is 1. The Morgan fingerprint density at radius 1 is 1.59 bits per heavy atom. The summed E-state index contributed by atoms with van der Waals surface area (Å²) in [5, 5.41) is 17.4. The number of hydrogen-bond donors (Lipinski definition) is 2. The van der Waals surface area contributed by atoms with Crippen LogP contribution in [0.15, 0.2) is 22.7 Å². The SMILES string of the molecule is O=[N+]([O-])c1cc(NCC2CCCN2)ccc1Br. The normalized spacial score (nSPS) is 19.2.